The van der Waals surface area contributed by atoms with Gasteiger partial charge in [0.1, 0.15) is 0 Å². The maximum absolute atomic E-state index is 10.8. The molecule has 0 aromatic heterocycles. The van der Waals surface area contributed by atoms with Gasteiger partial charge in [-0.05, 0) is 3.99 Å². The fraction of sp³-hybridized carbons (Fsp3) is 0. The minimum Gasteiger partial charge on any atom is -0.432 e. The summed E-state index contributed by atoms with van der Waals surface area (Å²) in [6.07, 6.45) is 0. The zero-order valence-corrected chi connectivity index (χ0v) is 5.81. The second-order valence-corrected chi connectivity index (χ2v) is 2.67. The summed E-state index contributed by atoms with van der Waals surface area (Å²) in [5, 5.41) is 0. The van der Waals surface area contributed by atoms with Crippen LogP contribution in [0.5, 0.6) is 0 Å². The third kappa shape index (κ3) is 30.2. The van der Waals surface area contributed by atoms with E-state index in [-0.39, 0.29) is 18.9 Å². The monoisotopic (exact) mass is 196 g/mol. The molecule has 0 saturated heterocycles. The molecule has 0 saturated carbocycles. The minimum atomic E-state index is -0.458. The molecule has 0 aromatic rings. The van der Waals surface area contributed by atoms with Crippen molar-refractivity contribution in [3.63, 3.8) is 0 Å². The topological polar surface area (TPSA) is 0 Å². The number of hydrogen-bond acceptors (Lipinski definition) is 0. The van der Waals surface area contributed by atoms with Crippen molar-refractivity contribution < 1.29 is 23.3 Å². The second kappa shape index (κ2) is 5.49. The van der Waals surface area contributed by atoms with Crippen LogP contribution in [0.2, 0.25) is 0 Å². The van der Waals surface area contributed by atoms with E-state index in [0.717, 1.165) is 0 Å². The molecule has 0 unspecified atom stereocenters. The van der Waals surface area contributed by atoms with E-state index in [9.17, 15) is 4.39 Å². The Balaban J connectivity index is 0. The Kier molecular flexibility index (Phi) is 10.6. The number of hydrogen-bond donors (Lipinski definition) is 0. The van der Waals surface area contributed by atoms with Crippen LogP contribution in [0.3, 0.4) is 0 Å². The normalized spacial score (nSPS) is 7.20. The van der Waals surface area contributed by atoms with Crippen LogP contribution in [0.25, 0.3) is 0 Å². The maximum Gasteiger partial charge on any atom is 1.00 e. The van der Waals surface area contributed by atoms with Crippen molar-refractivity contribution in [3.8, 4) is 0 Å². The van der Waals surface area contributed by atoms with Gasteiger partial charge in [0, 0.05) is 0 Å². The zero-order valence-electron chi connectivity index (χ0n) is 2.63. The molecule has 0 aliphatic rings. The maximum atomic E-state index is 10.8. The molecule has 0 rings (SSSR count). The Labute approximate surface area is 58.9 Å². The van der Waals surface area contributed by atoms with E-state index in [4.69, 9.17) is 0 Å². The first-order valence-electron chi connectivity index (χ1n) is 0.567. The van der Waals surface area contributed by atoms with Crippen LogP contribution >= 0.6 is 31.9 Å². The standard InChI is InChI=1S/CBr2F.Li/c2-1(3)4;/q-1;+1. The molecule has 0 aliphatic carbocycles. The summed E-state index contributed by atoms with van der Waals surface area (Å²) in [6.45, 7) is 0. The van der Waals surface area contributed by atoms with Gasteiger partial charge in [0.05, 0.1) is 0 Å². The first-order chi connectivity index (χ1) is 1.73. The van der Waals surface area contributed by atoms with E-state index in [0.29, 0.717) is 0 Å². The predicted octanol–water partition coefficient (Wildman–Crippen LogP) is -0.803. The van der Waals surface area contributed by atoms with Gasteiger partial charge < -0.3 is 4.39 Å². The molecule has 26 valence electrons. The molecule has 0 radical (unpaired) electrons. The van der Waals surface area contributed by atoms with Crippen molar-refractivity contribution in [1.82, 2.24) is 0 Å². The van der Waals surface area contributed by atoms with Gasteiger partial charge in [-0.1, -0.05) is 0 Å². The Morgan fingerprint density at radius 3 is 1.40 bits per heavy atom. The summed E-state index contributed by atoms with van der Waals surface area (Å²) in [6, 6.07) is 0. The Morgan fingerprint density at radius 1 is 1.40 bits per heavy atom. The third-order valence-corrected chi connectivity index (χ3v) is 0. The molecule has 0 heterocycles. The van der Waals surface area contributed by atoms with Gasteiger partial charge in [0.25, 0.3) is 0 Å². The third-order valence-electron chi connectivity index (χ3n) is 0. The van der Waals surface area contributed by atoms with E-state index in [2.05, 4.69) is 31.9 Å². The Bertz CT molecular complexity index is 14.4. The van der Waals surface area contributed by atoms with Gasteiger partial charge in [0.15, 0.2) is 0 Å². The van der Waals surface area contributed by atoms with Gasteiger partial charge in [-0.15, -0.1) is 0 Å². The molecule has 0 aromatic carbocycles. The molecule has 0 nitrogen and oxygen atoms in total. The van der Waals surface area contributed by atoms with Crippen LogP contribution in [0, 0.1) is 3.99 Å². The molecular weight excluding hydrogens is 198 g/mol. The molecule has 5 heavy (non-hydrogen) atoms. The summed E-state index contributed by atoms with van der Waals surface area (Å²) in [4.78, 5) is 0. The van der Waals surface area contributed by atoms with Crippen LogP contribution in [-0.2, 0) is 0 Å². The summed E-state index contributed by atoms with van der Waals surface area (Å²) in [7, 11) is 0. The van der Waals surface area contributed by atoms with Crippen LogP contribution in [0.4, 0.5) is 4.39 Å². The summed E-state index contributed by atoms with van der Waals surface area (Å²) < 4.78 is 10.3. The largest absolute Gasteiger partial charge is 1.00 e. The summed E-state index contributed by atoms with van der Waals surface area (Å²) in [5.41, 5.74) is 0. The average molecular weight is 198 g/mol. The van der Waals surface area contributed by atoms with Crippen molar-refractivity contribution in [2.45, 2.75) is 0 Å². The van der Waals surface area contributed by atoms with E-state index < -0.39 is 3.99 Å². The molecule has 0 bridgehead atoms. The van der Waals surface area contributed by atoms with E-state index in [1.165, 1.54) is 0 Å². The fourth-order valence-electron chi connectivity index (χ4n) is 0. The number of rotatable bonds is 0. The van der Waals surface area contributed by atoms with Crippen molar-refractivity contribution in [2.75, 3.05) is 0 Å². The van der Waals surface area contributed by atoms with Gasteiger partial charge in [-0.25, -0.2) is 0 Å². The van der Waals surface area contributed by atoms with Gasteiger partial charge in [0.2, 0.25) is 0 Å². The van der Waals surface area contributed by atoms with Crippen molar-refractivity contribution >= 4 is 31.9 Å². The molecular formula is CBr2FLi. The SMILES string of the molecule is F[C-](Br)Br.[Li+]. The molecule has 4 heteroatoms. The van der Waals surface area contributed by atoms with Crippen molar-refractivity contribution in [3.05, 3.63) is 3.99 Å². The first kappa shape index (κ1) is 9.70. The summed E-state index contributed by atoms with van der Waals surface area (Å²) >= 11 is 4.88. The Hall–Kier alpha value is 1.49. The van der Waals surface area contributed by atoms with Crippen molar-refractivity contribution in [2.24, 2.45) is 0 Å². The molecule has 0 fully saturated rings. The summed E-state index contributed by atoms with van der Waals surface area (Å²) in [5.74, 6) is 0. The molecule has 0 spiro atoms. The quantitative estimate of drug-likeness (QED) is 0.352. The Morgan fingerprint density at radius 2 is 1.40 bits per heavy atom. The van der Waals surface area contributed by atoms with Crippen molar-refractivity contribution in [1.29, 1.82) is 0 Å². The van der Waals surface area contributed by atoms with Gasteiger partial charge in [-0.2, -0.15) is 0 Å². The van der Waals surface area contributed by atoms with Gasteiger partial charge in [-0.3, -0.25) is 31.9 Å². The minimum absolute atomic E-state index is 0. The number of halogens is 3. The molecule has 0 amide bonds. The average Bonchev–Trinajstić information content (AvgIpc) is 0.811. The smallest absolute Gasteiger partial charge is 0.432 e. The van der Waals surface area contributed by atoms with E-state index >= 15 is 0 Å². The molecule has 0 aliphatic heterocycles. The van der Waals surface area contributed by atoms with E-state index in [1.807, 2.05) is 0 Å². The van der Waals surface area contributed by atoms with E-state index in [1.54, 1.807) is 0 Å². The van der Waals surface area contributed by atoms with Crippen LogP contribution in [0.15, 0.2) is 0 Å². The molecule has 0 N–H and O–H groups in total. The molecule has 0 atom stereocenters. The van der Waals surface area contributed by atoms with Crippen LogP contribution in [-0.4, -0.2) is 0 Å². The van der Waals surface area contributed by atoms with Crippen LogP contribution in [0.1, 0.15) is 0 Å². The second-order valence-electron chi connectivity index (χ2n) is 0.214. The predicted molar refractivity (Wildman–Crippen MR) is 22.2 cm³/mol. The first-order valence-corrected chi connectivity index (χ1v) is 2.15. The van der Waals surface area contributed by atoms with Crippen LogP contribution < -0.4 is 18.9 Å². The zero-order chi connectivity index (χ0) is 3.58. The van der Waals surface area contributed by atoms with Gasteiger partial charge >= 0.3 is 18.9 Å². The fourth-order valence-corrected chi connectivity index (χ4v) is 0.